The summed E-state index contributed by atoms with van der Waals surface area (Å²) in [6.45, 7) is 1.05. The van der Waals surface area contributed by atoms with Gasteiger partial charge in [-0.2, -0.15) is 0 Å². The summed E-state index contributed by atoms with van der Waals surface area (Å²) < 4.78 is 39.1. The van der Waals surface area contributed by atoms with Gasteiger partial charge in [0.05, 0.1) is 9.79 Å². The topological polar surface area (TPSA) is 91.1 Å². The Morgan fingerprint density at radius 2 is 1.58 bits per heavy atom. The van der Waals surface area contributed by atoms with Crippen LogP contribution in [-0.2, 0) is 29.3 Å². The second-order valence-electron chi connectivity index (χ2n) is 10.8. The van der Waals surface area contributed by atoms with Crippen molar-refractivity contribution in [1.29, 1.82) is 0 Å². The Hall–Kier alpha value is -2.97. The Morgan fingerprint density at radius 3 is 2.26 bits per heavy atom. The molecule has 1 aliphatic carbocycles. The average molecular weight is 538 g/mol. The van der Waals surface area contributed by atoms with E-state index in [0.29, 0.717) is 5.69 Å². The third-order valence-electron chi connectivity index (χ3n) is 8.01. The number of amides is 1. The Balaban J connectivity index is 1.21. The monoisotopic (exact) mass is 537 g/mol. The lowest BCUT2D eigenvalue weighted by Crippen LogP contribution is -2.49. The molecule has 5 rings (SSSR count). The molecule has 6 nitrogen and oxygen atoms in total. The molecule has 1 amide bonds. The summed E-state index contributed by atoms with van der Waals surface area (Å²) in [5, 5.41) is 6.76. The number of benzene rings is 2. The number of rotatable bonds is 5. The summed E-state index contributed by atoms with van der Waals surface area (Å²) in [4.78, 5) is 16.3. The van der Waals surface area contributed by atoms with Crippen molar-refractivity contribution in [2.24, 2.45) is 0 Å². The number of halogens is 1. The molecule has 0 unspecified atom stereocenters. The SMILES string of the molecule is O=C(NCc1ccc(S(=O)(=O)c2cccc(F)c2)cc1)c1cc2c([nH]1)CC1(CCCCCCCCC1)NC2. The number of sulfone groups is 1. The van der Waals surface area contributed by atoms with E-state index < -0.39 is 15.7 Å². The molecule has 2 aliphatic rings. The van der Waals surface area contributed by atoms with Gasteiger partial charge in [-0.1, -0.05) is 63.1 Å². The largest absolute Gasteiger partial charge is 0.354 e. The first-order chi connectivity index (χ1) is 18.3. The van der Waals surface area contributed by atoms with Gasteiger partial charge in [-0.05, 0) is 60.4 Å². The van der Waals surface area contributed by atoms with Crippen LogP contribution in [0.1, 0.15) is 85.1 Å². The van der Waals surface area contributed by atoms with E-state index in [1.807, 2.05) is 6.07 Å². The third-order valence-corrected chi connectivity index (χ3v) is 9.78. The van der Waals surface area contributed by atoms with E-state index in [1.54, 1.807) is 12.1 Å². The van der Waals surface area contributed by atoms with Crippen LogP contribution in [0.25, 0.3) is 0 Å². The number of aromatic nitrogens is 1. The number of carbonyl (C=O) groups excluding carboxylic acids is 1. The summed E-state index contributed by atoms with van der Waals surface area (Å²) in [5.41, 5.74) is 3.77. The maximum atomic E-state index is 13.5. The number of aromatic amines is 1. The van der Waals surface area contributed by atoms with Crippen molar-refractivity contribution >= 4 is 15.7 Å². The lowest BCUT2D eigenvalue weighted by Gasteiger charge is -2.39. The summed E-state index contributed by atoms with van der Waals surface area (Å²) in [6.07, 6.45) is 12.4. The van der Waals surface area contributed by atoms with E-state index in [1.165, 1.54) is 88.1 Å². The molecule has 2 heterocycles. The minimum Gasteiger partial charge on any atom is -0.354 e. The predicted molar refractivity (Wildman–Crippen MR) is 145 cm³/mol. The van der Waals surface area contributed by atoms with Crippen LogP contribution < -0.4 is 10.6 Å². The molecule has 1 spiro atoms. The van der Waals surface area contributed by atoms with E-state index in [-0.39, 0.29) is 27.8 Å². The minimum atomic E-state index is -3.81. The highest BCUT2D eigenvalue weighted by Crippen LogP contribution is 2.33. The predicted octanol–water partition coefficient (Wildman–Crippen LogP) is 5.83. The lowest BCUT2D eigenvalue weighted by molar-refractivity contribution is 0.0946. The van der Waals surface area contributed by atoms with Crippen molar-refractivity contribution in [3.05, 3.63) is 82.9 Å². The van der Waals surface area contributed by atoms with Gasteiger partial charge in [-0.25, -0.2) is 12.8 Å². The Morgan fingerprint density at radius 1 is 0.895 bits per heavy atom. The highest BCUT2D eigenvalue weighted by Gasteiger charge is 2.34. The van der Waals surface area contributed by atoms with Gasteiger partial charge in [0.2, 0.25) is 9.84 Å². The fourth-order valence-corrected chi connectivity index (χ4v) is 7.08. The zero-order chi connectivity index (χ0) is 26.6. The molecule has 0 radical (unpaired) electrons. The number of hydrogen-bond acceptors (Lipinski definition) is 4. The number of nitrogens with one attached hydrogen (secondary N) is 3. The summed E-state index contributed by atoms with van der Waals surface area (Å²) in [6, 6.07) is 13.2. The Labute approximate surface area is 224 Å². The van der Waals surface area contributed by atoms with Crippen LogP contribution in [0.3, 0.4) is 0 Å². The molecule has 8 heteroatoms. The Bertz CT molecular complexity index is 1370. The van der Waals surface area contributed by atoms with Gasteiger partial charge in [-0.3, -0.25) is 4.79 Å². The molecule has 1 saturated carbocycles. The van der Waals surface area contributed by atoms with Crippen molar-refractivity contribution in [3.63, 3.8) is 0 Å². The van der Waals surface area contributed by atoms with E-state index in [2.05, 4.69) is 15.6 Å². The first-order valence-electron chi connectivity index (χ1n) is 13.7. The third kappa shape index (κ3) is 6.02. The first-order valence-corrected chi connectivity index (χ1v) is 15.2. The zero-order valence-corrected chi connectivity index (χ0v) is 22.5. The van der Waals surface area contributed by atoms with Crippen molar-refractivity contribution in [2.45, 2.75) is 92.6 Å². The summed E-state index contributed by atoms with van der Waals surface area (Å²) >= 11 is 0. The molecular formula is C30H36FN3O3S. The number of carbonyl (C=O) groups is 1. The molecule has 0 bridgehead atoms. The Kier molecular flexibility index (Phi) is 8.00. The van der Waals surface area contributed by atoms with Crippen LogP contribution in [0, 0.1) is 5.82 Å². The van der Waals surface area contributed by atoms with Crippen molar-refractivity contribution in [2.75, 3.05) is 0 Å². The fraction of sp³-hybridized carbons (Fsp3) is 0.433. The molecule has 202 valence electrons. The smallest absolute Gasteiger partial charge is 0.267 e. The molecule has 2 aromatic carbocycles. The summed E-state index contributed by atoms with van der Waals surface area (Å²) in [7, 11) is -3.81. The molecule has 1 fully saturated rings. The highest BCUT2D eigenvalue weighted by molar-refractivity contribution is 7.91. The second-order valence-corrected chi connectivity index (χ2v) is 12.7. The van der Waals surface area contributed by atoms with Crippen LogP contribution in [0.4, 0.5) is 4.39 Å². The summed E-state index contributed by atoms with van der Waals surface area (Å²) in [5.74, 6) is -0.784. The lowest BCUT2D eigenvalue weighted by atomic mass is 9.79. The first kappa shape index (κ1) is 26.6. The van der Waals surface area contributed by atoms with Gasteiger partial charge in [-0.15, -0.1) is 0 Å². The van der Waals surface area contributed by atoms with Gasteiger partial charge in [0.1, 0.15) is 11.5 Å². The van der Waals surface area contributed by atoms with Crippen molar-refractivity contribution < 1.29 is 17.6 Å². The van der Waals surface area contributed by atoms with Crippen LogP contribution in [0.15, 0.2) is 64.4 Å². The van der Waals surface area contributed by atoms with E-state index in [4.69, 9.17) is 0 Å². The fourth-order valence-electron chi connectivity index (χ4n) is 5.79. The van der Waals surface area contributed by atoms with Crippen molar-refractivity contribution in [1.82, 2.24) is 15.6 Å². The van der Waals surface area contributed by atoms with Crippen LogP contribution in [-0.4, -0.2) is 24.8 Å². The van der Waals surface area contributed by atoms with Crippen LogP contribution in [0.5, 0.6) is 0 Å². The molecule has 38 heavy (non-hydrogen) atoms. The number of H-pyrrole nitrogens is 1. The quantitative estimate of drug-likeness (QED) is 0.382. The molecule has 1 aromatic heterocycles. The van der Waals surface area contributed by atoms with Gasteiger partial charge >= 0.3 is 0 Å². The van der Waals surface area contributed by atoms with Gasteiger partial charge in [0, 0.05) is 30.7 Å². The second kappa shape index (κ2) is 11.4. The number of fused-ring (bicyclic) bond motifs is 1. The zero-order valence-electron chi connectivity index (χ0n) is 21.7. The number of hydrogen-bond donors (Lipinski definition) is 3. The van der Waals surface area contributed by atoms with E-state index in [0.717, 1.165) is 35.9 Å². The molecule has 0 saturated heterocycles. The maximum absolute atomic E-state index is 13.5. The standard InChI is InChI=1S/C30H36FN3O3S/c31-24-9-8-10-26(18-24)38(36,37)25-13-11-22(12-14-25)20-32-29(35)27-17-23-21-33-30(19-28(23)34-27)15-6-4-2-1-3-5-7-16-30/h8-14,17-18,33-34H,1-7,15-16,19-21H2,(H,32,35). The minimum absolute atomic E-state index is 0.0807. The molecule has 3 N–H and O–H groups in total. The highest BCUT2D eigenvalue weighted by atomic mass is 32.2. The van der Waals surface area contributed by atoms with Gasteiger partial charge in [0.25, 0.3) is 5.91 Å². The average Bonchev–Trinajstić information content (AvgIpc) is 3.34. The van der Waals surface area contributed by atoms with Crippen molar-refractivity contribution in [3.8, 4) is 0 Å². The van der Waals surface area contributed by atoms with E-state index >= 15 is 0 Å². The normalized spacial score (nSPS) is 18.0. The van der Waals surface area contributed by atoms with E-state index in [9.17, 15) is 17.6 Å². The molecule has 1 aliphatic heterocycles. The van der Waals surface area contributed by atoms with Gasteiger partial charge < -0.3 is 15.6 Å². The van der Waals surface area contributed by atoms with Gasteiger partial charge in [0.15, 0.2) is 0 Å². The molecular weight excluding hydrogens is 501 g/mol. The van der Waals surface area contributed by atoms with Crippen LogP contribution in [0.2, 0.25) is 0 Å². The molecule has 0 atom stereocenters. The maximum Gasteiger partial charge on any atom is 0.267 e. The van der Waals surface area contributed by atoms with Crippen LogP contribution >= 0.6 is 0 Å². The molecule has 3 aromatic rings.